The number of ether oxygens (including phenoxy) is 1. The maximum Gasteiger partial charge on any atom is 0.119 e. The molecule has 1 aromatic carbocycles. The second-order valence-electron chi connectivity index (χ2n) is 2.58. The summed E-state index contributed by atoms with van der Waals surface area (Å²) in [6.07, 6.45) is 0. The van der Waals surface area contributed by atoms with Crippen molar-refractivity contribution in [3.8, 4) is 5.75 Å². The lowest BCUT2D eigenvalue weighted by Crippen LogP contribution is -1.88. The van der Waals surface area contributed by atoms with Crippen LogP contribution in [-0.4, -0.2) is 11.5 Å². The Morgan fingerprint density at radius 1 is 1.62 bits per heavy atom. The Balaban J connectivity index is 3.11. The number of hydrogen-bond acceptors (Lipinski definition) is 1. The third-order valence-electron chi connectivity index (χ3n) is 1.72. The first-order chi connectivity index (χ1) is 6.19. The molecule has 0 heterocycles. The second kappa shape index (κ2) is 5.00. The van der Waals surface area contributed by atoms with Gasteiger partial charge in [-0.25, -0.2) is 0 Å². The molecule has 0 atom stereocenters. The van der Waals surface area contributed by atoms with Crippen molar-refractivity contribution in [2.45, 2.75) is 0 Å². The van der Waals surface area contributed by atoms with Crippen molar-refractivity contribution in [2.24, 2.45) is 0 Å². The van der Waals surface area contributed by atoms with Crippen molar-refractivity contribution in [1.29, 1.82) is 0 Å². The van der Waals surface area contributed by atoms with Crippen LogP contribution in [-0.2, 0) is 0 Å². The first-order valence-electron chi connectivity index (χ1n) is 3.76. The summed E-state index contributed by atoms with van der Waals surface area (Å²) in [4.78, 5) is 0. The maximum absolute atomic E-state index is 5.14. The van der Waals surface area contributed by atoms with Crippen LogP contribution in [0.2, 0.25) is 0 Å². The van der Waals surface area contributed by atoms with Gasteiger partial charge in [-0.05, 0) is 29.3 Å². The number of rotatable bonds is 3. The van der Waals surface area contributed by atoms with E-state index < -0.39 is 0 Å². The van der Waals surface area contributed by atoms with Gasteiger partial charge in [-0.2, -0.15) is 0 Å². The van der Waals surface area contributed by atoms with Gasteiger partial charge in [0, 0.05) is 8.90 Å². The number of allylic oxidation sites excluding steroid dienone is 1. The van der Waals surface area contributed by atoms with E-state index in [-0.39, 0.29) is 0 Å². The van der Waals surface area contributed by atoms with E-state index in [9.17, 15) is 0 Å². The van der Waals surface area contributed by atoms with Crippen molar-refractivity contribution in [3.63, 3.8) is 0 Å². The molecule has 0 saturated carbocycles. The van der Waals surface area contributed by atoms with Crippen molar-refractivity contribution < 1.29 is 4.74 Å². The molecule has 0 radical (unpaired) electrons. The molecular weight excluding hydrogens is 343 g/mol. The van der Waals surface area contributed by atoms with Crippen LogP contribution in [0.5, 0.6) is 5.75 Å². The zero-order chi connectivity index (χ0) is 9.84. The lowest BCUT2D eigenvalue weighted by Gasteiger charge is -2.07. The van der Waals surface area contributed by atoms with Crippen molar-refractivity contribution in [1.82, 2.24) is 0 Å². The minimum absolute atomic E-state index is 0.865. The Kier molecular flexibility index (Phi) is 4.25. The Hall–Kier alpha value is -0.0300. The van der Waals surface area contributed by atoms with Crippen molar-refractivity contribution in [3.05, 3.63) is 34.8 Å². The molecule has 0 saturated heterocycles. The smallest absolute Gasteiger partial charge is 0.119 e. The van der Waals surface area contributed by atoms with Gasteiger partial charge in [-0.15, -0.1) is 0 Å². The summed E-state index contributed by atoms with van der Waals surface area (Å²) < 4.78 is 7.13. The fourth-order valence-corrected chi connectivity index (χ4v) is 1.91. The summed E-state index contributed by atoms with van der Waals surface area (Å²) in [5.74, 6) is 0.865. The van der Waals surface area contributed by atoms with E-state index >= 15 is 0 Å². The molecule has 0 amide bonds. The lowest BCUT2D eigenvalue weighted by atomic mass is 10.1. The summed E-state index contributed by atoms with van der Waals surface area (Å²) in [7, 11) is 1.67. The van der Waals surface area contributed by atoms with Crippen LogP contribution in [0.1, 0.15) is 5.56 Å². The summed E-state index contributed by atoms with van der Waals surface area (Å²) >= 11 is 5.78. The topological polar surface area (TPSA) is 9.23 Å². The number of methoxy groups -OCH3 is 1. The van der Waals surface area contributed by atoms with Crippen LogP contribution < -0.4 is 4.74 Å². The molecule has 0 fully saturated rings. The summed E-state index contributed by atoms with van der Waals surface area (Å²) in [6.45, 7) is 3.99. The fourth-order valence-electron chi connectivity index (χ4n) is 0.974. The molecule has 0 spiro atoms. The highest BCUT2D eigenvalue weighted by atomic mass is 127. The molecule has 0 aromatic heterocycles. The average Bonchev–Trinajstić information content (AvgIpc) is 2.17. The molecule has 0 aliphatic heterocycles. The quantitative estimate of drug-likeness (QED) is 0.592. The van der Waals surface area contributed by atoms with Gasteiger partial charge in [-0.1, -0.05) is 45.1 Å². The zero-order valence-electron chi connectivity index (χ0n) is 7.31. The van der Waals surface area contributed by atoms with Gasteiger partial charge in [0.05, 0.1) is 7.11 Å². The Morgan fingerprint density at radius 2 is 2.31 bits per heavy atom. The molecule has 70 valence electrons. The van der Waals surface area contributed by atoms with E-state index in [1.54, 1.807) is 7.11 Å². The average molecular weight is 353 g/mol. The van der Waals surface area contributed by atoms with E-state index in [1.165, 1.54) is 0 Å². The van der Waals surface area contributed by atoms with Gasteiger partial charge >= 0.3 is 0 Å². The summed E-state index contributed by atoms with van der Waals surface area (Å²) in [5, 5.41) is 0. The number of halogens is 2. The van der Waals surface area contributed by atoms with Gasteiger partial charge in [0.15, 0.2) is 0 Å². The zero-order valence-corrected chi connectivity index (χ0v) is 11.1. The molecule has 0 N–H and O–H groups in total. The largest absolute Gasteiger partial charge is 0.497 e. The normalized spacial score (nSPS) is 9.77. The molecule has 0 bridgehead atoms. The van der Waals surface area contributed by atoms with Gasteiger partial charge in [0.25, 0.3) is 0 Å². The molecule has 1 rings (SSSR count). The molecular formula is C10H10BrIO. The highest BCUT2D eigenvalue weighted by Gasteiger charge is 2.04. The number of alkyl halides is 1. The van der Waals surface area contributed by atoms with E-state index in [4.69, 9.17) is 4.74 Å². The first kappa shape index (κ1) is 11.0. The summed E-state index contributed by atoms with van der Waals surface area (Å²) in [5.41, 5.74) is 2.22. The molecule has 0 unspecified atom stereocenters. The van der Waals surface area contributed by atoms with Crippen molar-refractivity contribution in [2.75, 3.05) is 11.5 Å². The minimum Gasteiger partial charge on any atom is -0.497 e. The highest BCUT2D eigenvalue weighted by molar-refractivity contribution is 14.1. The molecule has 0 aliphatic rings. The monoisotopic (exact) mass is 352 g/mol. The van der Waals surface area contributed by atoms with Crippen molar-refractivity contribution >= 4 is 44.1 Å². The van der Waals surface area contributed by atoms with E-state index in [2.05, 4.69) is 45.1 Å². The Labute approximate surface area is 100 Å². The molecule has 1 aromatic rings. The Bertz CT molecular complexity index is 323. The van der Waals surface area contributed by atoms with Gasteiger partial charge in [-0.3, -0.25) is 0 Å². The van der Waals surface area contributed by atoms with Gasteiger partial charge < -0.3 is 4.74 Å². The van der Waals surface area contributed by atoms with E-state index in [0.717, 1.165) is 25.8 Å². The van der Waals surface area contributed by atoms with Crippen LogP contribution >= 0.6 is 38.5 Å². The fraction of sp³-hybridized carbons (Fsp3) is 0.200. The van der Waals surface area contributed by atoms with Gasteiger partial charge in [0.2, 0.25) is 0 Å². The molecule has 1 nitrogen and oxygen atoms in total. The third kappa shape index (κ3) is 2.71. The lowest BCUT2D eigenvalue weighted by molar-refractivity contribution is 0.414. The predicted octanol–water partition coefficient (Wildman–Crippen LogP) is 3.91. The number of hydrogen-bond donors (Lipinski definition) is 0. The number of benzene rings is 1. The van der Waals surface area contributed by atoms with Crippen LogP contribution in [0.25, 0.3) is 5.57 Å². The highest BCUT2D eigenvalue weighted by Crippen LogP contribution is 2.28. The SMILES string of the molecule is C=C(CI)c1cc(OC)ccc1Br. The summed E-state index contributed by atoms with van der Waals surface area (Å²) in [6, 6.07) is 5.89. The van der Waals surface area contributed by atoms with Crippen LogP contribution in [0, 0.1) is 0 Å². The second-order valence-corrected chi connectivity index (χ2v) is 4.20. The van der Waals surface area contributed by atoms with Crippen LogP contribution in [0.15, 0.2) is 29.3 Å². The van der Waals surface area contributed by atoms with Crippen LogP contribution in [0.3, 0.4) is 0 Å². The molecule has 3 heteroatoms. The van der Waals surface area contributed by atoms with Crippen LogP contribution in [0.4, 0.5) is 0 Å². The first-order valence-corrected chi connectivity index (χ1v) is 6.08. The third-order valence-corrected chi connectivity index (χ3v) is 3.33. The Morgan fingerprint density at radius 3 is 2.85 bits per heavy atom. The van der Waals surface area contributed by atoms with E-state index in [0.29, 0.717) is 0 Å². The maximum atomic E-state index is 5.14. The standard InChI is InChI=1S/C10H10BrIO/c1-7(6-12)9-5-8(13-2)3-4-10(9)11/h3-5H,1,6H2,2H3. The van der Waals surface area contributed by atoms with Gasteiger partial charge in [0.1, 0.15) is 5.75 Å². The predicted molar refractivity (Wildman–Crippen MR) is 68.6 cm³/mol. The minimum atomic E-state index is 0.865. The molecule has 13 heavy (non-hydrogen) atoms. The van der Waals surface area contributed by atoms with E-state index in [1.807, 2.05) is 18.2 Å². The molecule has 0 aliphatic carbocycles.